The number of hydrogen-bond acceptors (Lipinski definition) is 15. The number of hydrazone groups is 2. The van der Waals surface area contributed by atoms with E-state index in [0.29, 0.717) is 0 Å². The van der Waals surface area contributed by atoms with Gasteiger partial charge in [-0.3, -0.25) is 29.5 Å². The number of benzene rings is 4. The zero-order valence-electron chi connectivity index (χ0n) is 31.2. The van der Waals surface area contributed by atoms with Crippen LogP contribution in [0.25, 0.3) is 12.2 Å². The molecule has 0 aliphatic heterocycles. The minimum absolute atomic E-state index is 0.0129. The summed E-state index contributed by atoms with van der Waals surface area (Å²) in [6, 6.07) is 18.5. The van der Waals surface area contributed by atoms with Gasteiger partial charge in [-0.2, -0.15) is 27.0 Å². The molecule has 0 bridgehead atoms. The maximum atomic E-state index is 13.4. The number of urea groups is 1. The van der Waals surface area contributed by atoms with Gasteiger partial charge in [0, 0.05) is 22.5 Å². The SMILES string of the molecule is CCOC(=O)c1ccc(NN=C2C(=O)c3ccc(NC(=O)Nc4ccc5c(c4)C=C(S(=O)(=O)O)C(=NNc4ccc(C(=O)OCC)cc4)C5=O)cc3C=C2S(=O)(=O)O)cc1. The van der Waals surface area contributed by atoms with Crippen molar-refractivity contribution in [1.82, 2.24) is 0 Å². The fraction of sp³-hybridized carbons (Fsp3) is 0.103. The second-order valence-electron chi connectivity index (χ2n) is 12.5. The molecule has 60 heavy (non-hydrogen) atoms. The van der Waals surface area contributed by atoms with Crippen LogP contribution in [-0.4, -0.2) is 80.1 Å². The molecule has 2 amide bonds. The Hall–Kier alpha value is -7.33. The van der Waals surface area contributed by atoms with E-state index in [9.17, 15) is 49.9 Å². The van der Waals surface area contributed by atoms with Crippen molar-refractivity contribution in [3.8, 4) is 0 Å². The number of allylic oxidation sites excluding steroid dienone is 2. The molecule has 0 radical (unpaired) electrons. The summed E-state index contributed by atoms with van der Waals surface area (Å²) in [7, 11) is -10.0. The quantitative estimate of drug-likeness (QED) is 0.0585. The Morgan fingerprint density at radius 1 is 0.567 bits per heavy atom. The molecule has 4 aromatic carbocycles. The lowest BCUT2D eigenvalue weighted by Gasteiger charge is -2.18. The second-order valence-corrected chi connectivity index (χ2v) is 15.3. The highest BCUT2D eigenvalue weighted by Gasteiger charge is 2.34. The molecule has 2 aliphatic carbocycles. The zero-order valence-corrected chi connectivity index (χ0v) is 32.9. The van der Waals surface area contributed by atoms with Crippen LogP contribution in [0.1, 0.15) is 66.4 Å². The molecule has 0 saturated carbocycles. The Morgan fingerprint density at radius 2 is 0.917 bits per heavy atom. The lowest BCUT2D eigenvalue weighted by Crippen LogP contribution is -2.27. The number of Topliss-reactive ketones (excluding diaryl/α,β-unsaturated/α-hetero) is 2. The number of ketones is 2. The highest BCUT2D eigenvalue weighted by Crippen LogP contribution is 2.30. The molecule has 0 aromatic heterocycles. The van der Waals surface area contributed by atoms with Crippen molar-refractivity contribution in [2.75, 3.05) is 34.7 Å². The normalized spacial score (nSPS) is 14.9. The minimum Gasteiger partial charge on any atom is -0.462 e. The number of esters is 2. The standard InChI is InChI=1S/C39H32N6O13S2/c1-3-57-37(48)21-5-9-25(10-6-21)42-44-33-31(59(51,52)53)19-23-17-27(13-15-29(23)35(33)46)40-39(50)41-28-14-16-30-24(18-28)20-32(60(54,55)56)34(36(30)47)45-43-26-11-7-22(8-12-26)38(49)58-4-2/h5-20,42-43H,3-4H2,1-2H3,(H2,40,41,50)(H,51,52,53)(H,54,55,56). The first-order valence-corrected chi connectivity index (χ1v) is 20.4. The van der Waals surface area contributed by atoms with E-state index in [1.807, 2.05) is 0 Å². The van der Waals surface area contributed by atoms with E-state index in [-0.39, 0.29) is 69.3 Å². The largest absolute Gasteiger partial charge is 0.462 e. The summed E-state index contributed by atoms with van der Waals surface area (Å²) >= 11 is 0. The van der Waals surface area contributed by atoms with Gasteiger partial charge in [0.2, 0.25) is 11.6 Å². The third kappa shape index (κ3) is 9.51. The fourth-order valence-corrected chi connectivity index (χ4v) is 7.08. The summed E-state index contributed by atoms with van der Waals surface area (Å²) in [5.41, 5.74) is 5.00. The molecule has 6 rings (SSSR count). The molecule has 0 atom stereocenters. The first kappa shape index (κ1) is 42.3. The van der Waals surface area contributed by atoms with Crippen molar-refractivity contribution >= 4 is 96.1 Å². The van der Waals surface area contributed by atoms with E-state index in [0.717, 1.165) is 12.2 Å². The van der Waals surface area contributed by atoms with Crippen LogP contribution in [0.4, 0.5) is 27.5 Å². The molecule has 2 aliphatic rings. The predicted octanol–water partition coefficient (Wildman–Crippen LogP) is 5.47. The third-order valence-corrected chi connectivity index (χ3v) is 10.3. The molecule has 21 heteroatoms. The van der Waals surface area contributed by atoms with Gasteiger partial charge in [-0.05, 0) is 122 Å². The van der Waals surface area contributed by atoms with Crippen molar-refractivity contribution in [2.45, 2.75) is 13.8 Å². The number of rotatable bonds is 12. The number of nitrogens with one attached hydrogen (secondary N) is 4. The third-order valence-electron chi connectivity index (χ3n) is 8.52. The molecule has 19 nitrogen and oxygen atoms in total. The lowest BCUT2D eigenvalue weighted by molar-refractivity contribution is 0.0517. The Kier molecular flexibility index (Phi) is 12.2. The highest BCUT2D eigenvalue weighted by molar-refractivity contribution is 7.91. The van der Waals surface area contributed by atoms with Crippen LogP contribution in [0.3, 0.4) is 0 Å². The van der Waals surface area contributed by atoms with Crippen LogP contribution in [0.5, 0.6) is 0 Å². The number of amides is 2. The Morgan fingerprint density at radius 3 is 1.25 bits per heavy atom. The molecular formula is C39H32N6O13S2. The summed E-state index contributed by atoms with van der Waals surface area (Å²) < 4.78 is 79.3. The van der Waals surface area contributed by atoms with Gasteiger partial charge in [0.1, 0.15) is 9.81 Å². The van der Waals surface area contributed by atoms with Crippen LogP contribution in [0, 0.1) is 0 Å². The first-order chi connectivity index (χ1) is 28.5. The molecule has 4 aromatic rings. The van der Waals surface area contributed by atoms with Gasteiger partial charge in [0.25, 0.3) is 20.2 Å². The molecule has 0 saturated heterocycles. The van der Waals surface area contributed by atoms with E-state index in [4.69, 9.17) is 9.47 Å². The van der Waals surface area contributed by atoms with Crippen LogP contribution >= 0.6 is 0 Å². The lowest BCUT2D eigenvalue weighted by atomic mass is 9.94. The van der Waals surface area contributed by atoms with Gasteiger partial charge in [0.05, 0.1) is 35.7 Å². The average Bonchev–Trinajstić information content (AvgIpc) is 3.19. The first-order valence-electron chi connectivity index (χ1n) is 17.5. The van der Waals surface area contributed by atoms with Gasteiger partial charge < -0.3 is 20.1 Å². The maximum absolute atomic E-state index is 13.4. The molecule has 0 spiro atoms. The Labute approximate surface area is 341 Å². The van der Waals surface area contributed by atoms with Gasteiger partial charge in [-0.15, -0.1) is 0 Å². The summed E-state index contributed by atoms with van der Waals surface area (Å²) in [4.78, 5) is 62.1. The van der Waals surface area contributed by atoms with Crippen molar-refractivity contribution in [3.63, 3.8) is 0 Å². The zero-order chi connectivity index (χ0) is 43.4. The van der Waals surface area contributed by atoms with Crippen molar-refractivity contribution in [3.05, 3.63) is 128 Å². The minimum atomic E-state index is -5.00. The topological polar surface area (TPSA) is 285 Å². The van der Waals surface area contributed by atoms with Gasteiger partial charge in [-0.25, -0.2) is 14.4 Å². The average molecular weight is 857 g/mol. The predicted molar refractivity (Wildman–Crippen MR) is 220 cm³/mol. The van der Waals surface area contributed by atoms with E-state index in [2.05, 4.69) is 31.7 Å². The van der Waals surface area contributed by atoms with E-state index in [1.165, 1.54) is 84.9 Å². The van der Waals surface area contributed by atoms with Crippen molar-refractivity contribution in [2.24, 2.45) is 10.2 Å². The highest BCUT2D eigenvalue weighted by atomic mass is 32.2. The molecule has 6 N–H and O–H groups in total. The van der Waals surface area contributed by atoms with Gasteiger partial charge >= 0.3 is 18.0 Å². The number of carbonyl (C=O) groups is 5. The number of anilines is 4. The molecular weight excluding hydrogens is 825 g/mol. The number of carbonyl (C=O) groups excluding carboxylic acids is 5. The molecule has 0 unspecified atom stereocenters. The number of ether oxygens (including phenoxy) is 2. The monoisotopic (exact) mass is 856 g/mol. The second kappa shape index (κ2) is 17.3. The molecule has 0 heterocycles. The van der Waals surface area contributed by atoms with E-state index < -0.39 is 71.0 Å². The maximum Gasteiger partial charge on any atom is 0.338 e. The van der Waals surface area contributed by atoms with Crippen LogP contribution in [0.15, 0.2) is 105 Å². The summed E-state index contributed by atoms with van der Waals surface area (Å²) in [5.74, 6) is -2.86. The number of hydrogen-bond donors (Lipinski definition) is 6. The molecule has 308 valence electrons. The summed E-state index contributed by atoms with van der Waals surface area (Å²) in [6.45, 7) is 3.65. The smallest absolute Gasteiger partial charge is 0.338 e. The Bertz CT molecular complexity index is 2620. The fourth-order valence-electron chi connectivity index (χ4n) is 5.76. The van der Waals surface area contributed by atoms with Crippen molar-refractivity contribution < 1.29 is 59.4 Å². The number of fused-ring (bicyclic) bond motifs is 2. The summed E-state index contributed by atoms with van der Waals surface area (Å²) in [5, 5.41) is 12.9. The van der Waals surface area contributed by atoms with E-state index in [1.54, 1.807) is 13.8 Å². The van der Waals surface area contributed by atoms with Crippen LogP contribution in [-0.2, 0) is 29.7 Å². The van der Waals surface area contributed by atoms with Crippen LogP contribution in [0.2, 0.25) is 0 Å². The van der Waals surface area contributed by atoms with E-state index >= 15 is 0 Å². The Balaban J connectivity index is 1.18. The van der Waals surface area contributed by atoms with Crippen molar-refractivity contribution in [1.29, 1.82) is 0 Å². The number of nitrogens with zero attached hydrogens (tertiary/aromatic N) is 2. The van der Waals surface area contributed by atoms with Gasteiger partial charge in [-0.1, -0.05) is 0 Å². The van der Waals surface area contributed by atoms with Gasteiger partial charge in [0.15, 0.2) is 11.4 Å². The summed E-state index contributed by atoms with van der Waals surface area (Å²) in [6.07, 6.45) is 1.99. The van der Waals surface area contributed by atoms with Crippen LogP contribution < -0.4 is 21.5 Å². The molecule has 0 fully saturated rings.